The van der Waals surface area contributed by atoms with Crippen molar-refractivity contribution in [3.05, 3.63) is 29.3 Å². The molecule has 1 aliphatic heterocycles. The summed E-state index contributed by atoms with van der Waals surface area (Å²) in [5.41, 5.74) is 8.12. The normalized spacial score (nSPS) is 19.4. The van der Waals surface area contributed by atoms with Gasteiger partial charge in [-0.1, -0.05) is 6.07 Å². The van der Waals surface area contributed by atoms with Crippen molar-refractivity contribution in [1.29, 1.82) is 0 Å². The highest BCUT2D eigenvalue weighted by atomic mass is 16.5. The molecule has 1 heterocycles. The van der Waals surface area contributed by atoms with Gasteiger partial charge in [-0.2, -0.15) is 0 Å². The maximum Gasteiger partial charge on any atom is 0.123 e. The zero-order valence-corrected chi connectivity index (χ0v) is 12.1. The largest absolute Gasteiger partial charge is 0.496 e. The van der Waals surface area contributed by atoms with Crippen LogP contribution in [-0.4, -0.2) is 37.3 Å². The van der Waals surface area contributed by atoms with Gasteiger partial charge in [0.25, 0.3) is 0 Å². The number of nitrogens with two attached hydrogens (primary N) is 1. The molecule has 0 aliphatic carbocycles. The van der Waals surface area contributed by atoms with Crippen LogP contribution in [0.1, 0.15) is 25.0 Å². The first-order valence-corrected chi connectivity index (χ1v) is 6.75. The van der Waals surface area contributed by atoms with E-state index in [1.54, 1.807) is 7.11 Å². The number of morpholine rings is 1. The third kappa shape index (κ3) is 3.26. The fourth-order valence-corrected chi connectivity index (χ4v) is 2.47. The fourth-order valence-electron chi connectivity index (χ4n) is 2.47. The number of methoxy groups -OCH3 is 1. The van der Waals surface area contributed by atoms with E-state index in [1.807, 2.05) is 12.1 Å². The first kappa shape index (κ1) is 14.3. The van der Waals surface area contributed by atoms with Gasteiger partial charge in [-0.3, -0.25) is 4.90 Å². The first-order chi connectivity index (χ1) is 9.06. The summed E-state index contributed by atoms with van der Waals surface area (Å²) in [5.74, 6) is 0.930. The van der Waals surface area contributed by atoms with E-state index in [9.17, 15) is 0 Å². The molecule has 1 fully saturated rings. The molecule has 1 saturated heterocycles. The molecular weight excluding hydrogens is 240 g/mol. The van der Waals surface area contributed by atoms with E-state index in [-0.39, 0.29) is 5.54 Å². The second-order valence-corrected chi connectivity index (χ2v) is 5.64. The van der Waals surface area contributed by atoms with Gasteiger partial charge in [-0.05, 0) is 31.5 Å². The van der Waals surface area contributed by atoms with Crippen LogP contribution < -0.4 is 10.5 Å². The van der Waals surface area contributed by atoms with Gasteiger partial charge in [0.15, 0.2) is 0 Å². The number of hydrogen-bond acceptors (Lipinski definition) is 4. The summed E-state index contributed by atoms with van der Waals surface area (Å²) in [5, 5.41) is 0. The summed E-state index contributed by atoms with van der Waals surface area (Å²) >= 11 is 0. The molecule has 0 amide bonds. The van der Waals surface area contributed by atoms with Gasteiger partial charge in [0.05, 0.1) is 20.3 Å². The molecule has 1 aromatic rings. The molecule has 0 radical (unpaired) electrons. The summed E-state index contributed by atoms with van der Waals surface area (Å²) in [6.45, 7) is 8.37. The van der Waals surface area contributed by atoms with Crippen LogP contribution in [0.3, 0.4) is 0 Å². The summed E-state index contributed by atoms with van der Waals surface area (Å²) in [4.78, 5) is 2.44. The van der Waals surface area contributed by atoms with E-state index in [0.717, 1.165) is 37.6 Å². The van der Waals surface area contributed by atoms with Crippen LogP contribution in [0.2, 0.25) is 0 Å². The predicted molar refractivity (Wildman–Crippen MR) is 76.2 cm³/mol. The molecule has 4 nitrogen and oxygen atoms in total. The van der Waals surface area contributed by atoms with Crippen molar-refractivity contribution in [2.75, 3.05) is 26.9 Å². The zero-order valence-electron chi connectivity index (χ0n) is 12.1. The van der Waals surface area contributed by atoms with Gasteiger partial charge in [-0.25, -0.2) is 0 Å². The highest BCUT2D eigenvalue weighted by molar-refractivity contribution is 5.37. The van der Waals surface area contributed by atoms with E-state index in [1.165, 1.54) is 5.56 Å². The number of ether oxygens (including phenoxy) is 2. The van der Waals surface area contributed by atoms with Crippen LogP contribution in [0.15, 0.2) is 18.2 Å². The molecule has 0 unspecified atom stereocenters. The predicted octanol–water partition coefficient (Wildman–Crippen LogP) is 1.76. The summed E-state index contributed by atoms with van der Waals surface area (Å²) in [6, 6.07) is 6.17. The van der Waals surface area contributed by atoms with Crippen molar-refractivity contribution >= 4 is 0 Å². The highest BCUT2D eigenvalue weighted by Crippen LogP contribution is 2.26. The molecule has 2 rings (SSSR count). The Hall–Kier alpha value is -1.10. The van der Waals surface area contributed by atoms with Crippen molar-refractivity contribution in [2.24, 2.45) is 5.73 Å². The molecule has 19 heavy (non-hydrogen) atoms. The molecule has 4 heteroatoms. The molecular formula is C15H24N2O2. The van der Waals surface area contributed by atoms with Crippen molar-refractivity contribution in [3.8, 4) is 5.75 Å². The van der Waals surface area contributed by atoms with Gasteiger partial charge < -0.3 is 15.2 Å². The molecule has 2 N–H and O–H groups in total. The van der Waals surface area contributed by atoms with E-state index in [2.05, 4.69) is 24.8 Å². The molecule has 106 valence electrons. The monoisotopic (exact) mass is 264 g/mol. The van der Waals surface area contributed by atoms with Gasteiger partial charge in [0.2, 0.25) is 0 Å². The molecule has 0 aromatic heterocycles. The van der Waals surface area contributed by atoms with Crippen LogP contribution in [0.5, 0.6) is 5.75 Å². The maximum absolute atomic E-state index is 5.72. The Labute approximate surface area is 115 Å². The Morgan fingerprint density at radius 2 is 2.21 bits per heavy atom. The second-order valence-electron chi connectivity index (χ2n) is 5.64. The minimum absolute atomic E-state index is 0.0575. The average molecular weight is 264 g/mol. The van der Waals surface area contributed by atoms with Crippen molar-refractivity contribution < 1.29 is 9.47 Å². The van der Waals surface area contributed by atoms with Gasteiger partial charge in [0.1, 0.15) is 5.75 Å². The van der Waals surface area contributed by atoms with Crippen LogP contribution in [0, 0.1) is 0 Å². The molecule has 0 atom stereocenters. The second kappa shape index (κ2) is 5.90. The van der Waals surface area contributed by atoms with Gasteiger partial charge in [-0.15, -0.1) is 0 Å². The lowest BCUT2D eigenvalue weighted by Crippen LogP contribution is -2.52. The van der Waals surface area contributed by atoms with E-state index in [4.69, 9.17) is 15.2 Å². The van der Waals surface area contributed by atoms with E-state index < -0.39 is 0 Å². The number of hydrogen-bond donors (Lipinski definition) is 1. The zero-order chi connectivity index (χ0) is 13.9. The Bertz CT molecular complexity index is 432. The highest BCUT2D eigenvalue weighted by Gasteiger charge is 2.30. The Morgan fingerprint density at radius 3 is 2.84 bits per heavy atom. The lowest BCUT2D eigenvalue weighted by Gasteiger charge is -2.42. The average Bonchev–Trinajstić information content (AvgIpc) is 2.41. The lowest BCUT2D eigenvalue weighted by atomic mass is 10.0. The standard InChI is InChI=1S/C15H24N2O2/c1-15(2)11-19-7-6-17(15)10-13-8-12(9-16)4-5-14(13)18-3/h4-5,8H,6-7,9-11,16H2,1-3H3. The number of nitrogens with zero attached hydrogens (tertiary/aromatic N) is 1. The summed E-state index contributed by atoms with van der Waals surface area (Å²) in [7, 11) is 1.71. The van der Waals surface area contributed by atoms with Crippen LogP contribution in [0.25, 0.3) is 0 Å². The SMILES string of the molecule is COc1ccc(CN)cc1CN1CCOCC1(C)C. The molecule has 0 saturated carbocycles. The Balaban J connectivity index is 2.21. The van der Waals surface area contributed by atoms with E-state index >= 15 is 0 Å². The smallest absolute Gasteiger partial charge is 0.123 e. The van der Waals surface area contributed by atoms with Crippen molar-refractivity contribution in [3.63, 3.8) is 0 Å². The number of benzene rings is 1. The lowest BCUT2D eigenvalue weighted by molar-refractivity contribution is -0.0555. The fraction of sp³-hybridized carbons (Fsp3) is 0.600. The van der Waals surface area contributed by atoms with Crippen LogP contribution >= 0.6 is 0 Å². The van der Waals surface area contributed by atoms with Crippen molar-refractivity contribution in [1.82, 2.24) is 4.90 Å². The summed E-state index contributed by atoms with van der Waals surface area (Å²) < 4.78 is 11.0. The van der Waals surface area contributed by atoms with Crippen molar-refractivity contribution in [2.45, 2.75) is 32.5 Å². The third-order valence-electron chi connectivity index (χ3n) is 3.76. The molecule has 0 spiro atoms. The third-order valence-corrected chi connectivity index (χ3v) is 3.76. The van der Waals surface area contributed by atoms with Gasteiger partial charge in [0, 0.05) is 30.7 Å². The summed E-state index contributed by atoms with van der Waals surface area (Å²) in [6.07, 6.45) is 0. The topological polar surface area (TPSA) is 47.7 Å². The Kier molecular flexibility index (Phi) is 4.45. The number of rotatable bonds is 4. The molecule has 1 aromatic carbocycles. The Morgan fingerprint density at radius 1 is 1.42 bits per heavy atom. The molecule has 0 bridgehead atoms. The maximum atomic E-state index is 5.72. The van der Waals surface area contributed by atoms with Gasteiger partial charge >= 0.3 is 0 Å². The quantitative estimate of drug-likeness (QED) is 0.900. The molecule has 1 aliphatic rings. The minimum atomic E-state index is 0.0575. The first-order valence-electron chi connectivity index (χ1n) is 6.75. The van der Waals surface area contributed by atoms with Crippen LogP contribution in [-0.2, 0) is 17.8 Å². The van der Waals surface area contributed by atoms with E-state index in [0.29, 0.717) is 6.54 Å². The minimum Gasteiger partial charge on any atom is -0.496 e. The van der Waals surface area contributed by atoms with Crippen LogP contribution in [0.4, 0.5) is 0 Å².